The minimum atomic E-state index is 0.0250. The van der Waals surface area contributed by atoms with Gasteiger partial charge < -0.3 is 14.4 Å². The fourth-order valence-electron chi connectivity index (χ4n) is 3.06. The summed E-state index contributed by atoms with van der Waals surface area (Å²) in [7, 11) is 3.72. The van der Waals surface area contributed by atoms with E-state index in [0.717, 1.165) is 43.9 Å². The van der Waals surface area contributed by atoms with Gasteiger partial charge in [-0.05, 0) is 24.8 Å². The van der Waals surface area contributed by atoms with Gasteiger partial charge >= 0.3 is 0 Å². The maximum Gasteiger partial charge on any atom is 0.272 e. The minimum absolute atomic E-state index is 0.0250. The van der Waals surface area contributed by atoms with Crippen LogP contribution in [0.1, 0.15) is 35.8 Å². The van der Waals surface area contributed by atoms with Crippen molar-refractivity contribution >= 4 is 11.9 Å². The van der Waals surface area contributed by atoms with Gasteiger partial charge in [0.05, 0.1) is 12.5 Å². The van der Waals surface area contributed by atoms with E-state index in [0.29, 0.717) is 5.69 Å². The first-order valence-corrected chi connectivity index (χ1v) is 8.39. The summed E-state index contributed by atoms with van der Waals surface area (Å²) in [6, 6.07) is 0.235. The van der Waals surface area contributed by atoms with Crippen LogP contribution in [0, 0.1) is 0 Å². The maximum absolute atomic E-state index is 12.6. The van der Waals surface area contributed by atoms with Gasteiger partial charge in [0.25, 0.3) is 5.91 Å². The number of aryl methyl sites for hydroxylation is 2. The average Bonchev–Trinajstić information content (AvgIpc) is 3.06. The van der Waals surface area contributed by atoms with Crippen LogP contribution in [0.2, 0.25) is 0 Å². The SMILES string of the molecule is CCc1cnc(N2CCC(N(C)C(=O)c3cncn3C)CC2)nc1. The van der Waals surface area contributed by atoms with Crippen molar-refractivity contribution in [2.24, 2.45) is 7.05 Å². The normalized spacial score (nSPS) is 15.5. The molecule has 7 heteroatoms. The lowest BCUT2D eigenvalue weighted by atomic mass is 10.0. The third-order valence-corrected chi connectivity index (χ3v) is 4.75. The monoisotopic (exact) mass is 328 g/mol. The second-order valence-corrected chi connectivity index (χ2v) is 6.27. The number of carbonyl (C=O) groups is 1. The molecule has 1 fully saturated rings. The van der Waals surface area contributed by atoms with Gasteiger partial charge in [0, 0.05) is 45.6 Å². The van der Waals surface area contributed by atoms with Crippen LogP contribution in [-0.4, -0.2) is 56.5 Å². The Morgan fingerprint density at radius 1 is 1.25 bits per heavy atom. The van der Waals surface area contributed by atoms with E-state index in [-0.39, 0.29) is 11.9 Å². The molecule has 24 heavy (non-hydrogen) atoms. The van der Waals surface area contributed by atoms with Crippen LogP contribution in [-0.2, 0) is 13.5 Å². The van der Waals surface area contributed by atoms with Gasteiger partial charge in [0.1, 0.15) is 5.69 Å². The van der Waals surface area contributed by atoms with Crippen LogP contribution < -0.4 is 4.90 Å². The van der Waals surface area contributed by atoms with Crippen molar-refractivity contribution in [1.29, 1.82) is 0 Å². The number of piperidine rings is 1. The summed E-state index contributed by atoms with van der Waals surface area (Å²) in [5.41, 5.74) is 1.77. The molecule has 1 saturated heterocycles. The van der Waals surface area contributed by atoms with Crippen molar-refractivity contribution in [3.05, 3.63) is 36.2 Å². The molecule has 1 aliphatic heterocycles. The van der Waals surface area contributed by atoms with E-state index < -0.39 is 0 Å². The number of hydrogen-bond acceptors (Lipinski definition) is 5. The third kappa shape index (κ3) is 3.25. The molecule has 0 aliphatic carbocycles. The molecule has 128 valence electrons. The van der Waals surface area contributed by atoms with Crippen molar-refractivity contribution in [3.8, 4) is 0 Å². The number of amides is 1. The summed E-state index contributed by atoms with van der Waals surface area (Å²) >= 11 is 0. The van der Waals surface area contributed by atoms with Crippen molar-refractivity contribution in [1.82, 2.24) is 24.4 Å². The molecule has 0 radical (unpaired) electrons. The Hall–Kier alpha value is -2.44. The molecule has 2 aromatic heterocycles. The van der Waals surface area contributed by atoms with Crippen LogP contribution in [0.3, 0.4) is 0 Å². The molecule has 1 amide bonds. The molecule has 3 rings (SSSR count). The van der Waals surface area contributed by atoms with Gasteiger partial charge in [0.15, 0.2) is 0 Å². The van der Waals surface area contributed by atoms with E-state index in [4.69, 9.17) is 0 Å². The number of nitrogens with zero attached hydrogens (tertiary/aromatic N) is 6. The third-order valence-electron chi connectivity index (χ3n) is 4.75. The molecule has 0 unspecified atom stereocenters. The lowest BCUT2D eigenvalue weighted by molar-refractivity contribution is 0.0699. The molecule has 0 spiro atoms. The van der Waals surface area contributed by atoms with Gasteiger partial charge in [-0.1, -0.05) is 6.92 Å². The number of aromatic nitrogens is 4. The summed E-state index contributed by atoms with van der Waals surface area (Å²) in [6.07, 6.45) is 9.85. The molecule has 0 bridgehead atoms. The Morgan fingerprint density at radius 3 is 2.46 bits per heavy atom. The number of hydrogen-bond donors (Lipinski definition) is 0. The molecule has 1 aliphatic rings. The Bertz CT molecular complexity index is 687. The van der Waals surface area contributed by atoms with Crippen molar-refractivity contribution in [2.45, 2.75) is 32.2 Å². The second-order valence-electron chi connectivity index (χ2n) is 6.27. The molecule has 0 saturated carbocycles. The number of rotatable bonds is 4. The highest BCUT2D eigenvalue weighted by molar-refractivity contribution is 5.92. The Balaban J connectivity index is 1.60. The lowest BCUT2D eigenvalue weighted by Gasteiger charge is -2.36. The Labute approximate surface area is 142 Å². The van der Waals surface area contributed by atoms with Crippen LogP contribution in [0.5, 0.6) is 0 Å². The van der Waals surface area contributed by atoms with E-state index in [1.807, 2.05) is 31.4 Å². The van der Waals surface area contributed by atoms with E-state index >= 15 is 0 Å². The number of anilines is 1. The van der Waals surface area contributed by atoms with Gasteiger partial charge in [-0.15, -0.1) is 0 Å². The lowest BCUT2D eigenvalue weighted by Crippen LogP contribution is -2.46. The minimum Gasteiger partial charge on any atom is -0.341 e. The Morgan fingerprint density at radius 2 is 1.92 bits per heavy atom. The molecule has 0 atom stereocenters. The van der Waals surface area contributed by atoms with E-state index in [2.05, 4.69) is 26.8 Å². The average molecular weight is 328 g/mol. The number of carbonyl (C=O) groups excluding carboxylic acids is 1. The van der Waals surface area contributed by atoms with Crippen LogP contribution in [0.25, 0.3) is 0 Å². The highest BCUT2D eigenvalue weighted by atomic mass is 16.2. The standard InChI is InChI=1S/C17H24N6O/c1-4-13-9-19-17(20-10-13)23-7-5-14(6-8-23)22(3)16(24)15-11-18-12-21(15)2/h9-12,14H,4-8H2,1-3H3. The highest BCUT2D eigenvalue weighted by Crippen LogP contribution is 2.20. The predicted octanol–water partition coefficient (Wildman–Crippen LogP) is 1.51. The largest absolute Gasteiger partial charge is 0.341 e. The highest BCUT2D eigenvalue weighted by Gasteiger charge is 2.27. The first kappa shape index (κ1) is 16.4. The van der Waals surface area contributed by atoms with E-state index in [1.165, 1.54) is 0 Å². The zero-order chi connectivity index (χ0) is 17.1. The zero-order valence-corrected chi connectivity index (χ0v) is 14.5. The maximum atomic E-state index is 12.6. The van der Waals surface area contributed by atoms with Crippen molar-refractivity contribution < 1.29 is 4.79 Å². The fraction of sp³-hybridized carbons (Fsp3) is 0.529. The van der Waals surface area contributed by atoms with Crippen molar-refractivity contribution in [3.63, 3.8) is 0 Å². The second kappa shape index (κ2) is 6.98. The van der Waals surface area contributed by atoms with Gasteiger partial charge in [-0.2, -0.15) is 0 Å². The summed E-state index contributed by atoms with van der Waals surface area (Å²) < 4.78 is 1.76. The molecule has 0 N–H and O–H groups in total. The molecule has 0 aromatic carbocycles. The predicted molar refractivity (Wildman–Crippen MR) is 91.9 cm³/mol. The summed E-state index contributed by atoms with van der Waals surface area (Å²) in [4.78, 5) is 29.5. The van der Waals surface area contributed by atoms with Crippen LogP contribution >= 0.6 is 0 Å². The van der Waals surface area contributed by atoms with Gasteiger partial charge in [-0.25, -0.2) is 15.0 Å². The molecule has 7 nitrogen and oxygen atoms in total. The molecule has 3 heterocycles. The van der Waals surface area contributed by atoms with Crippen LogP contribution in [0.4, 0.5) is 5.95 Å². The summed E-state index contributed by atoms with van der Waals surface area (Å²) in [5.74, 6) is 0.809. The first-order chi connectivity index (χ1) is 11.6. The van der Waals surface area contributed by atoms with Crippen LogP contribution in [0.15, 0.2) is 24.9 Å². The molecule has 2 aromatic rings. The summed E-state index contributed by atoms with van der Waals surface area (Å²) in [5, 5.41) is 0. The first-order valence-electron chi connectivity index (χ1n) is 8.39. The fourth-order valence-corrected chi connectivity index (χ4v) is 3.06. The van der Waals surface area contributed by atoms with Gasteiger partial charge in [-0.3, -0.25) is 4.79 Å². The smallest absolute Gasteiger partial charge is 0.272 e. The zero-order valence-electron chi connectivity index (χ0n) is 14.5. The molecular formula is C17H24N6O. The van der Waals surface area contributed by atoms with E-state index in [9.17, 15) is 4.79 Å². The van der Waals surface area contributed by atoms with Crippen molar-refractivity contribution in [2.75, 3.05) is 25.0 Å². The number of imidazole rings is 1. The molecular weight excluding hydrogens is 304 g/mol. The quantitative estimate of drug-likeness (QED) is 0.851. The topological polar surface area (TPSA) is 67.2 Å². The Kier molecular flexibility index (Phi) is 4.78. The van der Waals surface area contributed by atoms with Gasteiger partial charge in [0.2, 0.25) is 5.95 Å². The van der Waals surface area contributed by atoms with E-state index in [1.54, 1.807) is 17.1 Å². The summed E-state index contributed by atoms with van der Waals surface area (Å²) in [6.45, 7) is 3.82.